The predicted molar refractivity (Wildman–Crippen MR) is 133 cm³/mol. The summed E-state index contributed by atoms with van der Waals surface area (Å²) < 4.78 is 6.45. The van der Waals surface area contributed by atoms with Crippen LogP contribution in [0.5, 0.6) is 5.75 Å². The van der Waals surface area contributed by atoms with Crippen molar-refractivity contribution in [3.05, 3.63) is 94.0 Å². The molecular formula is C26H24BrN3O4. The fourth-order valence-electron chi connectivity index (χ4n) is 3.24. The molecule has 0 aliphatic heterocycles. The Labute approximate surface area is 206 Å². The van der Waals surface area contributed by atoms with Crippen LogP contribution in [0.1, 0.15) is 39.1 Å². The molecule has 4 rings (SSSR count). The Morgan fingerprint density at radius 2 is 1.50 bits per heavy atom. The van der Waals surface area contributed by atoms with Gasteiger partial charge in [0.2, 0.25) is 5.91 Å². The maximum Gasteiger partial charge on any atom is 0.269 e. The van der Waals surface area contributed by atoms with Crippen LogP contribution in [0.15, 0.2) is 77.3 Å². The Balaban J connectivity index is 1.25. The highest BCUT2D eigenvalue weighted by molar-refractivity contribution is 9.10. The minimum absolute atomic E-state index is 0.00300. The second-order valence-corrected chi connectivity index (χ2v) is 8.83. The zero-order valence-electron chi connectivity index (χ0n) is 18.3. The number of rotatable bonds is 8. The van der Waals surface area contributed by atoms with Crippen molar-refractivity contribution in [2.75, 3.05) is 11.9 Å². The standard InChI is InChI=1S/C26H24BrN3O4/c27-22-16-20(10-13-23(22)34-15-14-17-4-2-1-3-5-17)26(33)30-29-25(32)19-8-11-21(12-9-19)28-24(31)18-6-7-18/h1-5,8-13,16,18H,6-7,14-15H2,(H,28,31)(H,29,32)(H,30,33). The fourth-order valence-corrected chi connectivity index (χ4v) is 3.73. The zero-order chi connectivity index (χ0) is 23.9. The molecule has 3 N–H and O–H groups in total. The molecule has 0 unspecified atom stereocenters. The number of carbonyl (C=O) groups excluding carboxylic acids is 3. The summed E-state index contributed by atoms with van der Waals surface area (Å²) in [5.41, 5.74) is 7.34. The molecule has 174 valence electrons. The van der Waals surface area contributed by atoms with E-state index in [4.69, 9.17) is 4.74 Å². The average molecular weight is 522 g/mol. The SMILES string of the molecule is O=C(NNC(=O)c1ccc(OCCc2ccccc2)c(Br)c1)c1ccc(NC(=O)C2CC2)cc1. The van der Waals surface area contributed by atoms with E-state index in [2.05, 4.69) is 32.1 Å². The van der Waals surface area contributed by atoms with Crippen molar-refractivity contribution in [3.63, 3.8) is 0 Å². The zero-order valence-corrected chi connectivity index (χ0v) is 19.9. The molecular weight excluding hydrogens is 498 g/mol. The summed E-state index contributed by atoms with van der Waals surface area (Å²) in [4.78, 5) is 36.6. The number of nitrogens with one attached hydrogen (secondary N) is 3. The molecule has 1 aliphatic rings. The fraction of sp³-hybridized carbons (Fsp3) is 0.192. The van der Waals surface area contributed by atoms with Crippen LogP contribution in [0, 0.1) is 5.92 Å². The summed E-state index contributed by atoms with van der Waals surface area (Å²) in [7, 11) is 0. The van der Waals surface area contributed by atoms with E-state index in [0.717, 1.165) is 19.3 Å². The third-order valence-corrected chi connectivity index (χ3v) is 5.96. The van der Waals surface area contributed by atoms with Gasteiger partial charge in [-0.3, -0.25) is 25.2 Å². The van der Waals surface area contributed by atoms with E-state index in [9.17, 15) is 14.4 Å². The molecule has 0 aromatic heterocycles. The van der Waals surface area contributed by atoms with Gasteiger partial charge in [-0.05, 0) is 76.8 Å². The molecule has 1 fully saturated rings. The summed E-state index contributed by atoms with van der Waals surface area (Å²) >= 11 is 3.43. The van der Waals surface area contributed by atoms with E-state index in [1.165, 1.54) is 5.56 Å². The van der Waals surface area contributed by atoms with Crippen molar-refractivity contribution in [1.82, 2.24) is 10.9 Å². The van der Waals surface area contributed by atoms with Crippen LogP contribution in [0.2, 0.25) is 0 Å². The minimum atomic E-state index is -0.464. The molecule has 3 aromatic carbocycles. The smallest absolute Gasteiger partial charge is 0.269 e. The van der Waals surface area contributed by atoms with Gasteiger partial charge in [-0.1, -0.05) is 30.3 Å². The number of hydrogen-bond acceptors (Lipinski definition) is 4. The lowest BCUT2D eigenvalue weighted by atomic mass is 10.2. The molecule has 34 heavy (non-hydrogen) atoms. The van der Waals surface area contributed by atoms with Gasteiger partial charge in [-0.15, -0.1) is 0 Å². The van der Waals surface area contributed by atoms with E-state index < -0.39 is 11.8 Å². The predicted octanol–water partition coefficient (Wildman–Crippen LogP) is 4.49. The first-order chi connectivity index (χ1) is 16.5. The molecule has 0 saturated heterocycles. The van der Waals surface area contributed by atoms with Crippen LogP contribution < -0.4 is 20.9 Å². The van der Waals surface area contributed by atoms with Gasteiger partial charge in [0.05, 0.1) is 11.1 Å². The number of carbonyl (C=O) groups is 3. The van der Waals surface area contributed by atoms with Crippen molar-refractivity contribution < 1.29 is 19.1 Å². The molecule has 0 spiro atoms. The number of halogens is 1. The van der Waals surface area contributed by atoms with Crippen molar-refractivity contribution in [3.8, 4) is 5.75 Å². The molecule has 3 amide bonds. The Morgan fingerprint density at radius 1 is 0.853 bits per heavy atom. The normalized spacial score (nSPS) is 12.5. The molecule has 1 aliphatic carbocycles. The van der Waals surface area contributed by atoms with Crippen LogP contribution in [0.25, 0.3) is 0 Å². The quantitative estimate of drug-likeness (QED) is 0.380. The first kappa shape index (κ1) is 23.5. The maximum atomic E-state index is 12.5. The average Bonchev–Trinajstić information content (AvgIpc) is 3.70. The molecule has 8 heteroatoms. The number of amides is 3. The first-order valence-electron chi connectivity index (χ1n) is 11.0. The van der Waals surface area contributed by atoms with Gasteiger partial charge >= 0.3 is 0 Å². The van der Waals surface area contributed by atoms with Gasteiger partial charge in [0.1, 0.15) is 5.75 Å². The summed E-state index contributed by atoms with van der Waals surface area (Å²) in [6, 6.07) is 21.5. The van der Waals surface area contributed by atoms with Crippen molar-refractivity contribution in [2.45, 2.75) is 19.3 Å². The van der Waals surface area contributed by atoms with Gasteiger partial charge in [-0.2, -0.15) is 0 Å². The third-order valence-electron chi connectivity index (χ3n) is 5.34. The van der Waals surface area contributed by atoms with E-state index in [1.54, 1.807) is 42.5 Å². The van der Waals surface area contributed by atoms with Crippen LogP contribution >= 0.6 is 15.9 Å². The number of benzene rings is 3. The first-order valence-corrected chi connectivity index (χ1v) is 11.8. The van der Waals surface area contributed by atoms with Crippen molar-refractivity contribution in [1.29, 1.82) is 0 Å². The molecule has 0 radical (unpaired) electrons. The van der Waals surface area contributed by atoms with E-state index in [0.29, 0.717) is 33.6 Å². The number of hydrazine groups is 1. The second kappa shape index (κ2) is 11.0. The van der Waals surface area contributed by atoms with Gasteiger partial charge in [0, 0.05) is 29.2 Å². The molecule has 1 saturated carbocycles. The topological polar surface area (TPSA) is 96.5 Å². The lowest BCUT2D eigenvalue weighted by molar-refractivity contribution is -0.117. The van der Waals surface area contributed by atoms with Crippen LogP contribution in [-0.4, -0.2) is 24.3 Å². The summed E-state index contributed by atoms with van der Waals surface area (Å²) in [6.45, 7) is 0.507. The Bertz CT molecular complexity index is 1180. The molecule has 0 atom stereocenters. The summed E-state index contributed by atoms with van der Waals surface area (Å²) in [6.07, 6.45) is 2.62. The Morgan fingerprint density at radius 3 is 2.15 bits per heavy atom. The largest absolute Gasteiger partial charge is 0.492 e. The van der Waals surface area contributed by atoms with Crippen LogP contribution in [0.4, 0.5) is 5.69 Å². The van der Waals surface area contributed by atoms with Gasteiger partial charge in [0.25, 0.3) is 11.8 Å². The molecule has 3 aromatic rings. The lowest BCUT2D eigenvalue weighted by Crippen LogP contribution is -2.41. The third kappa shape index (κ3) is 6.45. The number of ether oxygens (including phenoxy) is 1. The number of anilines is 1. The highest BCUT2D eigenvalue weighted by Gasteiger charge is 2.29. The summed E-state index contributed by atoms with van der Waals surface area (Å²) in [5.74, 6) is -0.187. The monoisotopic (exact) mass is 521 g/mol. The molecule has 0 bridgehead atoms. The van der Waals surface area contributed by atoms with Gasteiger partial charge in [-0.25, -0.2) is 0 Å². The second-order valence-electron chi connectivity index (χ2n) is 7.98. The minimum Gasteiger partial charge on any atom is -0.492 e. The maximum absolute atomic E-state index is 12.5. The Hall–Kier alpha value is -3.65. The Kier molecular flexibility index (Phi) is 7.59. The van der Waals surface area contributed by atoms with Crippen LogP contribution in [-0.2, 0) is 11.2 Å². The van der Waals surface area contributed by atoms with Gasteiger partial charge < -0.3 is 10.1 Å². The highest BCUT2D eigenvalue weighted by atomic mass is 79.9. The molecule has 0 heterocycles. The van der Waals surface area contributed by atoms with Gasteiger partial charge in [0.15, 0.2) is 0 Å². The summed E-state index contributed by atoms with van der Waals surface area (Å²) in [5, 5.41) is 2.82. The van der Waals surface area contributed by atoms with E-state index in [1.807, 2.05) is 30.3 Å². The molecule has 7 nitrogen and oxygen atoms in total. The van der Waals surface area contributed by atoms with E-state index >= 15 is 0 Å². The van der Waals surface area contributed by atoms with Crippen molar-refractivity contribution >= 4 is 39.3 Å². The van der Waals surface area contributed by atoms with Crippen LogP contribution in [0.3, 0.4) is 0 Å². The highest BCUT2D eigenvalue weighted by Crippen LogP contribution is 2.30. The van der Waals surface area contributed by atoms with Crippen molar-refractivity contribution in [2.24, 2.45) is 5.92 Å². The lowest BCUT2D eigenvalue weighted by Gasteiger charge is -2.11. The van der Waals surface area contributed by atoms with E-state index in [-0.39, 0.29) is 11.8 Å². The number of hydrogen-bond donors (Lipinski definition) is 3.